The molecule has 1 saturated heterocycles. The number of pyridine rings is 1. The number of amides is 2. The Bertz CT molecular complexity index is 1180. The van der Waals surface area contributed by atoms with E-state index in [2.05, 4.69) is 15.6 Å². The Morgan fingerprint density at radius 1 is 1.26 bits per heavy atom. The van der Waals surface area contributed by atoms with Crippen LogP contribution < -0.4 is 10.6 Å². The molecular formula is C23H24ClF3N4O3. The third-order valence-corrected chi connectivity index (χ3v) is 6.27. The lowest BCUT2D eigenvalue weighted by Crippen LogP contribution is -2.58. The number of hydrogen-bond acceptors (Lipinski definition) is 5. The van der Waals surface area contributed by atoms with Gasteiger partial charge >= 0.3 is 6.09 Å². The second kappa shape index (κ2) is 8.33. The highest BCUT2D eigenvalue weighted by atomic mass is 35.5. The van der Waals surface area contributed by atoms with Crippen molar-refractivity contribution in [3.63, 3.8) is 0 Å². The zero-order chi connectivity index (χ0) is 25.0. The van der Waals surface area contributed by atoms with E-state index in [-0.39, 0.29) is 48.2 Å². The molecule has 3 heterocycles. The molecule has 4 rings (SSSR count). The molecule has 2 aliphatic rings. The van der Waals surface area contributed by atoms with Gasteiger partial charge in [0.05, 0.1) is 11.6 Å². The number of benzene rings is 1. The molecule has 2 amide bonds. The maximum Gasteiger partial charge on any atom is 0.410 e. The summed E-state index contributed by atoms with van der Waals surface area (Å²) in [5.74, 6) is -3.49. The maximum atomic E-state index is 15.8. The molecule has 0 aliphatic carbocycles. The molecule has 1 fully saturated rings. The predicted octanol–water partition coefficient (Wildman–Crippen LogP) is 4.23. The minimum Gasteiger partial charge on any atom is -0.444 e. The van der Waals surface area contributed by atoms with Gasteiger partial charge in [0.2, 0.25) is 0 Å². The molecule has 2 aliphatic heterocycles. The molecule has 182 valence electrons. The summed E-state index contributed by atoms with van der Waals surface area (Å²) >= 11 is 5.77. The van der Waals surface area contributed by atoms with Crippen LogP contribution >= 0.6 is 11.6 Å². The van der Waals surface area contributed by atoms with E-state index < -0.39 is 45.5 Å². The van der Waals surface area contributed by atoms with Crippen molar-refractivity contribution in [3.05, 3.63) is 57.5 Å². The van der Waals surface area contributed by atoms with Gasteiger partial charge in [-0.15, -0.1) is 0 Å². The van der Waals surface area contributed by atoms with Gasteiger partial charge in [0.15, 0.2) is 11.6 Å². The van der Waals surface area contributed by atoms with Crippen LogP contribution in [0.3, 0.4) is 0 Å². The van der Waals surface area contributed by atoms with Crippen molar-refractivity contribution in [1.29, 1.82) is 0 Å². The van der Waals surface area contributed by atoms with Crippen molar-refractivity contribution in [2.75, 3.05) is 25.0 Å². The number of fused-ring (bicyclic) bond motifs is 1. The van der Waals surface area contributed by atoms with E-state index in [1.165, 1.54) is 17.2 Å². The summed E-state index contributed by atoms with van der Waals surface area (Å²) in [4.78, 5) is 30.1. The number of anilines is 1. The van der Waals surface area contributed by atoms with E-state index in [9.17, 15) is 18.4 Å². The topological polar surface area (TPSA) is 83.6 Å². The van der Waals surface area contributed by atoms with Crippen LogP contribution in [0.1, 0.15) is 49.2 Å². The van der Waals surface area contributed by atoms with Gasteiger partial charge in [-0.05, 0) is 33.8 Å². The van der Waals surface area contributed by atoms with E-state index in [4.69, 9.17) is 16.3 Å². The Morgan fingerprint density at radius 3 is 2.59 bits per heavy atom. The average molecular weight is 497 g/mol. The first-order valence-corrected chi connectivity index (χ1v) is 11.0. The summed E-state index contributed by atoms with van der Waals surface area (Å²) in [6, 6.07) is 1.89. The molecule has 0 spiro atoms. The molecule has 11 heteroatoms. The van der Waals surface area contributed by atoms with Gasteiger partial charge in [0, 0.05) is 42.4 Å². The van der Waals surface area contributed by atoms with Crippen molar-refractivity contribution in [2.45, 2.75) is 44.8 Å². The fraction of sp³-hybridized carbons (Fsp3) is 0.435. The molecule has 1 atom stereocenters. The minimum atomic E-state index is -1.38. The van der Waals surface area contributed by atoms with Crippen molar-refractivity contribution < 1.29 is 27.5 Å². The number of halogens is 4. The maximum absolute atomic E-state index is 15.8. The zero-order valence-electron chi connectivity index (χ0n) is 19.1. The van der Waals surface area contributed by atoms with Gasteiger partial charge in [-0.1, -0.05) is 17.7 Å². The number of aromatic nitrogens is 1. The molecule has 0 unspecified atom stereocenters. The number of carbonyl (C=O) groups is 2. The summed E-state index contributed by atoms with van der Waals surface area (Å²) in [6.07, 6.45) is 0.734. The number of carbonyl (C=O) groups excluding carboxylic acids is 2. The number of nitrogens with zero attached hydrogens (tertiary/aromatic N) is 2. The van der Waals surface area contributed by atoms with Crippen LogP contribution in [0.2, 0.25) is 5.02 Å². The Morgan fingerprint density at radius 2 is 1.94 bits per heavy atom. The lowest BCUT2D eigenvalue weighted by Gasteiger charge is -2.41. The largest absolute Gasteiger partial charge is 0.444 e. The van der Waals surface area contributed by atoms with Crippen LogP contribution in [0.15, 0.2) is 18.3 Å². The highest BCUT2D eigenvalue weighted by Crippen LogP contribution is 2.42. The smallest absolute Gasteiger partial charge is 0.410 e. The van der Waals surface area contributed by atoms with Gasteiger partial charge in [-0.2, -0.15) is 0 Å². The van der Waals surface area contributed by atoms with Crippen LogP contribution in [0, 0.1) is 17.5 Å². The van der Waals surface area contributed by atoms with Crippen LogP contribution in [0.25, 0.3) is 0 Å². The first kappa shape index (κ1) is 24.1. The Balaban J connectivity index is 1.63. The molecule has 0 radical (unpaired) electrons. The summed E-state index contributed by atoms with van der Waals surface area (Å²) < 4.78 is 49.8. The Hall–Kier alpha value is -3.01. The van der Waals surface area contributed by atoms with Crippen molar-refractivity contribution in [1.82, 2.24) is 15.2 Å². The number of likely N-dealkylation sites (tertiary alicyclic amines) is 1. The van der Waals surface area contributed by atoms with Gasteiger partial charge < -0.3 is 20.3 Å². The molecule has 34 heavy (non-hydrogen) atoms. The molecule has 1 aromatic carbocycles. The standard InChI is InChI=1S/C23H24ClF3N4O3/c1-22(2,3)34-21(33)31-8-11(9-31)30-19-18(27)15-12(7-28-19)20(32)29-10-23(15,4)13-5-6-14(25)16(24)17(13)26/h5-7,11H,8-10H2,1-4H3,(H,28,30)(H,29,32)/t23-/m0/s1. The van der Waals surface area contributed by atoms with Gasteiger partial charge in [-0.25, -0.2) is 22.9 Å². The Labute approximate surface area is 199 Å². The van der Waals surface area contributed by atoms with Crippen LogP contribution in [0.4, 0.5) is 23.8 Å². The van der Waals surface area contributed by atoms with Crippen molar-refractivity contribution in [2.24, 2.45) is 0 Å². The van der Waals surface area contributed by atoms with Gasteiger partial charge in [0.25, 0.3) is 5.91 Å². The lowest BCUT2D eigenvalue weighted by atomic mass is 9.72. The van der Waals surface area contributed by atoms with Crippen LogP contribution in [-0.2, 0) is 10.2 Å². The third kappa shape index (κ3) is 4.15. The third-order valence-electron chi connectivity index (χ3n) is 5.92. The SMILES string of the molecule is CC(C)(C)OC(=O)N1CC(Nc2ncc3c(c2F)[C@](C)(c2ccc(F)c(Cl)c2F)CNC3=O)C1. The highest BCUT2D eigenvalue weighted by molar-refractivity contribution is 6.31. The Kier molecular flexibility index (Phi) is 5.91. The summed E-state index contributed by atoms with van der Waals surface area (Å²) in [6.45, 7) is 7.23. The summed E-state index contributed by atoms with van der Waals surface area (Å²) in [7, 11) is 0. The molecule has 1 aromatic heterocycles. The minimum absolute atomic E-state index is 0.0550. The van der Waals surface area contributed by atoms with Gasteiger partial charge in [-0.3, -0.25) is 4.79 Å². The first-order chi connectivity index (χ1) is 15.8. The monoisotopic (exact) mass is 496 g/mol. The predicted molar refractivity (Wildman–Crippen MR) is 120 cm³/mol. The number of rotatable bonds is 3. The summed E-state index contributed by atoms with van der Waals surface area (Å²) in [5, 5.41) is 4.84. The van der Waals surface area contributed by atoms with E-state index in [0.717, 1.165) is 6.07 Å². The second-order valence-electron chi connectivity index (χ2n) is 9.67. The second-order valence-corrected chi connectivity index (χ2v) is 10.1. The van der Waals surface area contributed by atoms with E-state index in [0.29, 0.717) is 0 Å². The van der Waals surface area contributed by atoms with Crippen LogP contribution in [-0.4, -0.2) is 53.2 Å². The lowest BCUT2D eigenvalue weighted by molar-refractivity contribution is 0.0104. The van der Waals surface area contributed by atoms with Crippen LogP contribution in [0.5, 0.6) is 0 Å². The quantitative estimate of drug-likeness (QED) is 0.621. The molecular weight excluding hydrogens is 473 g/mol. The highest BCUT2D eigenvalue weighted by Gasteiger charge is 2.43. The molecule has 7 nitrogen and oxygen atoms in total. The fourth-order valence-corrected chi connectivity index (χ4v) is 4.33. The summed E-state index contributed by atoms with van der Waals surface area (Å²) in [5.41, 5.74) is -2.20. The van der Waals surface area contributed by atoms with Crippen molar-refractivity contribution in [3.8, 4) is 0 Å². The zero-order valence-corrected chi connectivity index (χ0v) is 19.8. The normalized spacial score (nSPS) is 20.4. The molecule has 0 bridgehead atoms. The molecule has 2 N–H and O–H groups in total. The fourth-order valence-electron chi connectivity index (χ4n) is 4.16. The first-order valence-electron chi connectivity index (χ1n) is 10.7. The van der Waals surface area contributed by atoms with Crippen molar-refractivity contribution >= 4 is 29.4 Å². The number of ether oxygens (including phenoxy) is 1. The average Bonchev–Trinajstić information content (AvgIpc) is 2.71. The van der Waals surface area contributed by atoms with Gasteiger partial charge in [0.1, 0.15) is 22.3 Å². The van der Waals surface area contributed by atoms with E-state index >= 15 is 4.39 Å². The molecule has 0 saturated carbocycles. The number of hydrogen-bond donors (Lipinski definition) is 2. The van der Waals surface area contributed by atoms with E-state index in [1.807, 2.05) is 0 Å². The number of nitrogens with one attached hydrogen (secondary N) is 2. The van der Waals surface area contributed by atoms with E-state index in [1.54, 1.807) is 27.7 Å². The molecule has 2 aromatic rings.